The number of nitro groups is 1. The number of carbonyl (C=O) groups is 2. The van der Waals surface area contributed by atoms with Gasteiger partial charge in [0, 0.05) is 29.0 Å². The highest BCUT2D eigenvalue weighted by molar-refractivity contribution is 9.10. The Morgan fingerprint density at radius 1 is 1.08 bits per heavy atom. The molecule has 1 unspecified atom stereocenters. The number of fused-ring (bicyclic) bond motifs is 3. The van der Waals surface area contributed by atoms with E-state index in [0.717, 1.165) is 22.3 Å². The molecule has 0 bridgehead atoms. The molecule has 1 aliphatic rings. The Morgan fingerprint density at radius 2 is 1.64 bits per heavy atom. The van der Waals surface area contributed by atoms with Crippen LogP contribution in [0.5, 0.6) is 5.75 Å². The van der Waals surface area contributed by atoms with Crippen molar-refractivity contribution < 1.29 is 29.5 Å². The van der Waals surface area contributed by atoms with E-state index < -0.39 is 23.0 Å². The van der Waals surface area contributed by atoms with Crippen LogP contribution in [0.2, 0.25) is 0 Å². The average Bonchev–Trinajstić information content (AvgIpc) is 3.16. The van der Waals surface area contributed by atoms with Gasteiger partial charge in [-0.05, 0) is 52.0 Å². The van der Waals surface area contributed by atoms with Crippen LogP contribution >= 0.6 is 15.9 Å². The number of halogens is 1. The first-order chi connectivity index (χ1) is 17.1. The second-order valence-electron chi connectivity index (χ2n) is 8.56. The molecule has 10 heteroatoms. The molecular weight excluding hydrogens is 532 g/mol. The minimum absolute atomic E-state index is 0.00196. The lowest BCUT2D eigenvalue weighted by Crippen LogP contribution is -2.43. The second kappa shape index (κ2) is 9.98. The first-order valence-corrected chi connectivity index (χ1v) is 11.9. The van der Waals surface area contributed by atoms with Gasteiger partial charge in [0.25, 0.3) is 5.69 Å². The number of amides is 1. The third-order valence-corrected chi connectivity index (χ3v) is 7.48. The Labute approximate surface area is 215 Å². The molecule has 0 saturated heterocycles. The van der Waals surface area contributed by atoms with E-state index in [2.05, 4.69) is 21.2 Å². The lowest BCUT2D eigenvalue weighted by Gasteiger charge is -2.19. The number of rotatable bonds is 7. The molecule has 1 atom stereocenters. The standard InChI is InChI=1S/C26H23BrN2O7/c1-13-19(24(30)22(27)14(2)23(13)29(34)35)11-21(25(31)32)28-26(33)36-12-20-17-9-5-3-7-15(17)16-8-4-6-10-18(16)20/h3-10,20-21,30H,11-12H2,1-2H3,(H,28,33)(H,31,32). The lowest BCUT2D eigenvalue weighted by molar-refractivity contribution is -0.386. The smallest absolute Gasteiger partial charge is 0.407 e. The number of phenolic OH excluding ortho intramolecular Hbond substituents is 1. The number of nitro benzene ring substituents is 1. The van der Waals surface area contributed by atoms with Crippen molar-refractivity contribution in [1.29, 1.82) is 0 Å². The summed E-state index contributed by atoms with van der Waals surface area (Å²) in [5.74, 6) is -1.88. The van der Waals surface area contributed by atoms with Gasteiger partial charge in [-0.25, -0.2) is 9.59 Å². The maximum atomic E-state index is 12.6. The number of alkyl carbamates (subject to hydrolysis) is 1. The van der Waals surface area contributed by atoms with Crippen molar-refractivity contribution in [3.05, 3.63) is 90.9 Å². The maximum absolute atomic E-state index is 12.6. The number of hydrogen-bond donors (Lipinski definition) is 3. The number of nitrogens with one attached hydrogen (secondary N) is 1. The molecule has 0 fully saturated rings. The van der Waals surface area contributed by atoms with Crippen molar-refractivity contribution >= 4 is 33.7 Å². The van der Waals surface area contributed by atoms with Gasteiger partial charge in [-0.3, -0.25) is 10.1 Å². The van der Waals surface area contributed by atoms with Crippen LogP contribution in [0.4, 0.5) is 10.5 Å². The first-order valence-electron chi connectivity index (χ1n) is 11.1. The summed E-state index contributed by atoms with van der Waals surface area (Å²) in [6.07, 6.45) is -1.32. The van der Waals surface area contributed by atoms with E-state index in [-0.39, 0.29) is 51.5 Å². The molecule has 0 spiro atoms. The molecule has 0 heterocycles. The minimum atomic E-state index is -1.49. The van der Waals surface area contributed by atoms with Gasteiger partial charge in [-0.15, -0.1) is 0 Å². The van der Waals surface area contributed by atoms with Crippen LogP contribution in [0.15, 0.2) is 53.0 Å². The van der Waals surface area contributed by atoms with Crippen LogP contribution in [0.1, 0.15) is 33.7 Å². The first kappa shape index (κ1) is 25.2. The molecule has 36 heavy (non-hydrogen) atoms. The summed E-state index contributed by atoms with van der Waals surface area (Å²) in [6.45, 7) is 2.90. The summed E-state index contributed by atoms with van der Waals surface area (Å²) in [7, 11) is 0. The maximum Gasteiger partial charge on any atom is 0.407 e. The molecule has 186 valence electrons. The van der Waals surface area contributed by atoms with E-state index in [0.29, 0.717) is 0 Å². The van der Waals surface area contributed by atoms with E-state index in [9.17, 15) is 29.9 Å². The zero-order valence-electron chi connectivity index (χ0n) is 19.4. The zero-order valence-corrected chi connectivity index (χ0v) is 21.0. The van der Waals surface area contributed by atoms with Crippen molar-refractivity contribution in [3.63, 3.8) is 0 Å². The van der Waals surface area contributed by atoms with E-state index >= 15 is 0 Å². The van der Waals surface area contributed by atoms with Gasteiger partial charge in [-0.1, -0.05) is 48.5 Å². The van der Waals surface area contributed by atoms with E-state index in [1.54, 1.807) is 0 Å². The minimum Gasteiger partial charge on any atom is -0.506 e. The van der Waals surface area contributed by atoms with Gasteiger partial charge >= 0.3 is 12.1 Å². The lowest BCUT2D eigenvalue weighted by atomic mass is 9.96. The Hall–Kier alpha value is -3.92. The molecule has 0 saturated carbocycles. The zero-order chi connectivity index (χ0) is 26.1. The Balaban J connectivity index is 1.52. The predicted molar refractivity (Wildman–Crippen MR) is 135 cm³/mol. The topological polar surface area (TPSA) is 139 Å². The van der Waals surface area contributed by atoms with Gasteiger partial charge in [0.15, 0.2) is 0 Å². The third kappa shape index (κ3) is 4.51. The second-order valence-corrected chi connectivity index (χ2v) is 9.35. The monoisotopic (exact) mass is 554 g/mol. The number of carboxylic acids is 1. The highest BCUT2D eigenvalue weighted by atomic mass is 79.9. The van der Waals surface area contributed by atoms with Crippen LogP contribution in [0.3, 0.4) is 0 Å². The van der Waals surface area contributed by atoms with Crippen LogP contribution in [0, 0.1) is 24.0 Å². The molecule has 1 amide bonds. The molecule has 0 aliphatic heterocycles. The summed E-state index contributed by atoms with van der Waals surface area (Å²) in [4.78, 5) is 35.5. The normalized spacial score (nSPS) is 13.0. The molecule has 3 aromatic carbocycles. The summed E-state index contributed by atoms with van der Waals surface area (Å²) >= 11 is 3.14. The summed E-state index contributed by atoms with van der Waals surface area (Å²) in [5, 5.41) is 34.1. The fourth-order valence-electron chi connectivity index (χ4n) is 4.73. The fourth-order valence-corrected chi connectivity index (χ4v) is 5.15. The molecule has 0 aromatic heterocycles. The molecule has 3 N–H and O–H groups in total. The number of hydrogen-bond acceptors (Lipinski definition) is 6. The molecule has 3 aromatic rings. The molecule has 1 aliphatic carbocycles. The quantitative estimate of drug-likeness (QED) is 0.269. The molecular formula is C26H23BrN2O7. The van der Waals surface area contributed by atoms with Crippen LogP contribution in [0.25, 0.3) is 11.1 Å². The summed E-state index contributed by atoms with van der Waals surface area (Å²) < 4.78 is 5.53. The van der Waals surface area contributed by atoms with Crippen LogP contribution < -0.4 is 5.32 Å². The van der Waals surface area contributed by atoms with Crippen LogP contribution in [-0.4, -0.2) is 39.8 Å². The Morgan fingerprint density at radius 3 is 2.17 bits per heavy atom. The number of carbonyl (C=O) groups excluding carboxylic acids is 1. The van der Waals surface area contributed by atoms with E-state index in [4.69, 9.17) is 4.74 Å². The molecule has 9 nitrogen and oxygen atoms in total. The van der Waals surface area contributed by atoms with Gasteiger partial charge in [0.2, 0.25) is 0 Å². The Bertz CT molecular complexity index is 1340. The van der Waals surface area contributed by atoms with Crippen molar-refractivity contribution in [2.45, 2.75) is 32.2 Å². The number of phenols is 1. The van der Waals surface area contributed by atoms with Crippen molar-refractivity contribution in [1.82, 2.24) is 5.32 Å². The van der Waals surface area contributed by atoms with Crippen LogP contribution in [-0.2, 0) is 16.0 Å². The van der Waals surface area contributed by atoms with Gasteiger partial charge < -0.3 is 20.3 Å². The largest absolute Gasteiger partial charge is 0.506 e. The van der Waals surface area contributed by atoms with Crippen molar-refractivity contribution in [3.8, 4) is 16.9 Å². The van der Waals surface area contributed by atoms with E-state index in [1.807, 2.05) is 48.5 Å². The summed E-state index contributed by atoms with van der Waals surface area (Å²) in [5.41, 5.74) is 4.29. The third-order valence-electron chi connectivity index (χ3n) is 6.51. The van der Waals surface area contributed by atoms with Gasteiger partial charge in [-0.2, -0.15) is 0 Å². The predicted octanol–water partition coefficient (Wildman–Crippen LogP) is 5.21. The average molecular weight is 555 g/mol. The van der Waals surface area contributed by atoms with Crippen molar-refractivity contribution in [2.24, 2.45) is 0 Å². The molecule has 0 radical (unpaired) electrons. The summed E-state index contributed by atoms with van der Waals surface area (Å²) in [6, 6.07) is 14.1. The number of nitrogens with zero attached hydrogens (tertiary/aromatic N) is 1. The number of aromatic hydroxyl groups is 1. The highest BCUT2D eigenvalue weighted by Gasteiger charge is 2.32. The number of ether oxygens (including phenoxy) is 1. The van der Waals surface area contributed by atoms with E-state index in [1.165, 1.54) is 13.8 Å². The molecule has 4 rings (SSSR count). The number of benzene rings is 3. The number of aliphatic carboxylic acids is 1. The van der Waals surface area contributed by atoms with Gasteiger partial charge in [0.05, 0.1) is 9.40 Å². The fraction of sp³-hybridized carbons (Fsp3) is 0.231. The highest BCUT2D eigenvalue weighted by Crippen LogP contribution is 2.44. The van der Waals surface area contributed by atoms with Crippen molar-refractivity contribution in [2.75, 3.05) is 6.61 Å². The SMILES string of the molecule is Cc1c(Br)c(O)c(CC(NC(=O)OCC2c3ccccc3-c3ccccc32)C(=O)O)c(C)c1[N+](=O)[O-]. The Kier molecular flexibility index (Phi) is 6.98. The van der Waals surface area contributed by atoms with Gasteiger partial charge in [0.1, 0.15) is 18.4 Å². The number of carboxylic acid groups (broad SMARTS) is 1.